The van der Waals surface area contributed by atoms with Crippen molar-refractivity contribution in [2.24, 2.45) is 0 Å². The number of rotatable bonds is 3. The van der Waals surface area contributed by atoms with Gasteiger partial charge in [-0.3, -0.25) is 0 Å². The zero-order chi connectivity index (χ0) is 10.8. The van der Waals surface area contributed by atoms with Crippen LogP contribution in [-0.2, 0) is 6.54 Å². The average molecular weight is 217 g/mol. The Balaban J connectivity index is 1.71. The lowest BCUT2D eigenvalue weighted by molar-refractivity contribution is 0.174. The highest BCUT2D eigenvalue weighted by Gasteiger charge is 2.12. The molecule has 3 rings (SSSR count). The summed E-state index contributed by atoms with van der Waals surface area (Å²) >= 11 is 0. The van der Waals surface area contributed by atoms with Crippen molar-refractivity contribution in [3.8, 4) is 11.5 Å². The van der Waals surface area contributed by atoms with Gasteiger partial charge >= 0.3 is 0 Å². The number of fused-ring (bicyclic) bond motifs is 1. The van der Waals surface area contributed by atoms with Crippen LogP contribution in [0.4, 0.5) is 5.69 Å². The summed E-state index contributed by atoms with van der Waals surface area (Å²) in [5, 5.41) is 3.28. The van der Waals surface area contributed by atoms with Crippen LogP contribution in [0.1, 0.15) is 5.56 Å². The van der Waals surface area contributed by atoms with Crippen molar-refractivity contribution in [3.63, 3.8) is 0 Å². The highest BCUT2D eigenvalue weighted by molar-refractivity contribution is 5.55. The predicted octanol–water partition coefficient (Wildman–Crippen LogP) is 2.62. The first kappa shape index (κ1) is 9.15. The van der Waals surface area contributed by atoms with Crippen LogP contribution < -0.4 is 14.8 Å². The van der Waals surface area contributed by atoms with E-state index in [0.717, 1.165) is 29.3 Å². The van der Waals surface area contributed by atoms with E-state index in [1.165, 1.54) is 0 Å². The lowest BCUT2D eigenvalue weighted by Crippen LogP contribution is -1.97. The van der Waals surface area contributed by atoms with E-state index in [0.29, 0.717) is 6.79 Å². The van der Waals surface area contributed by atoms with Crippen molar-refractivity contribution in [2.75, 3.05) is 12.1 Å². The number of anilines is 1. The van der Waals surface area contributed by atoms with Gasteiger partial charge in [-0.05, 0) is 18.2 Å². The maximum Gasteiger partial charge on any atom is 0.231 e. The largest absolute Gasteiger partial charge is 0.472 e. The highest BCUT2D eigenvalue weighted by atomic mass is 16.7. The maximum absolute atomic E-state index is 5.30. The number of hydrogen-bond donors (Lipinski definition) is 1. The molecule has 2 aromatic rings. The van der Waals surface area contributed by atoms with Crippen molar-refractivity contribution >= 4 is 5.69 Å². The van der Waals surface area contributed by atoms with Crippen LogP contribution in [0, 0.1) is 0 Å². The normalized spacial score (nSPS) is 12.8. The Morgan fingerprint density at radius 3 is 2.94 bits per heavy atom. The monoisotopic (exact) mass is 217 g/mol. The molecule has 1 aliphatic rings. The lowest BCUT2D eigenvalue weighted by Gasteiger charge is -2.05. The molecule has 1 aromatic heterocycles. The minimum absolute atomic E-state index is 0.306. The smallest absolute Gasteiger partial charge is 0.231 e. The van der Waals surface area contributed by atoms with Crippen LogP contribution in [0.2, 0.25) is 0 Å². The van der Waals surface area contributed by atoms with Crippen LogP contribution in [0.3, 0.4) is 0 Å². The molecule has 0 fully saturated rings. The number of nitrogens with one attached hydrogen (secondary N) is 1. The number of ether oxygens (including phenoxy) is 2. The van der Waals surface area contributed by atoms with Gasteiger partial charge in [0.2, 0.25) is 6.79 Å². The van der Waals surface area contributed by atoms with Gasteiger partial charge < -0.3 is 19.2 Å². The van der Waals surface area contributed by atoms with Gasteiger partial charge in [-0.15, -0.1) is 0 Å². The fraction of sp³-hybridized carbons (Fsp3) is 0.167. The molecule has 2 heterocycles. The summed E-state index contributed by atoms with van der Waals surface area (Å²) in [5.41, 5.74) is 2.11. The highest BCUT2D eigenvalue weighted by Crippen LogP contribution is 2.34. The van der Waals surface area contributed by atoms with Crippen LogP contribution in [-0.4, -0.2) is 6.79 Å². The molecule has 4 heteroatoms. The minimum Gasteiger partial charge on any atom is -0.472 e. The Bertz CT molecular complexity index is 479. The molecule has 0 unspecified atom stereocenters. The molecule has 16 heavy (non-hydrogen) atoms. The Morgan fingerprint density at radius 2 is 2.06 bits per heavy atom. The SMILES string of the molecule is c1cc(CNc2ccc3c(c2)OCO3)co1. The number of hydrogen-bond acceptors (Lipinski definition) is 4. The van der Waals surface area contributed by atoms with Gasteiger partial charge in [-0.2, -0.15) is 0 Å². The molecule has 0 saturated carbocycles. The molecule has 0 radical (unpaired) electrons. The second-order valence-electron chi connectivity index (χ2n) is 3.55. The zero-order valence-electron chi connectivity index (χ0n) is 8.60. The van der Waals surface area contributed by atoms with Crippen LogP contribution in [0.5, 0.6) is 11.5 Å². The second-order valence-corrected chi connectivity index (χ2v) is 3.55. The standard InChI is InChI=1S/C12H11NO3/c1-2-11-12(16-8-15-11)5-10(1)13-6-9-3-4-14-7-9/h1-5,7,13H,6,8H2. The fourth-order valence-electron chi connectivity index (χ4n) is 1.60. The topological polar surface area (TPSA) is 43.6 Å². The van der Waals surface area contributed by atoms with Gasteiger partial charge in [0.15, 0.2) is 11.5 Å². The third-order valence-corrected chi connectivity index (χ3v) is 2.45. The van der Waals surface area contributed by atoms with Gasteiger partial charge in [-0.1, -0.05) is 0 Å². The van der Waals surface area contributed by atoms with E-state index in [-0.39, 0.29) is 0 Å². The van der Waals surface area contributed by atoms with Crippen LogP contribution in [0.25, 0.3) is 0 Å². The van der Waals surface area contributed by atoms with Crippen molar-refractivity contribution in [1.82, 2.24) is 0 Å². The Kier molecular flexibility index (Phi) is 2.18. The van der Waals surface area contributed by atoms with Crippen molar-refractivity contribution in [1.29, 1.82) is 0 Å². The van der Waals surface area contributed by atoms with E-state index >= 15 is 0 Å². The summed E-state index contributed by atoms with van der Waals surface area (Å²) in [6, 6.07) is 7.73. The molecule has 1 aliphatic heterocycles. The second kappa shape index (κ2) is 3.81. The molecule has 1 N–H and O–H groups in total. The van der Waals surface area contributed by atoms with Crippen molar-refractivity contribution < 1.29 is 13.9 Å². The molecule has 0 aliphatic carbocycles. The molecule has 0 spiro atoms. The summed E-state index contributed by atoms with van der Waals surface area (Å²) in [7, 11) is 0. The molecule has 0 bridgehead atoms. The number of benzene rings is 1. The molecule has 4 nitrogen and oxygen atoms in total. The molecule has 0 amide bonds. The van der Waals surface area contributed by atoms with Crippen molar-refractivity contribution in [2.45, 2.75) is 6.54 Å². The molecule has 1 aromatic carbocycles. The van der Waals surface area contributed by atoms with E-state index in [2.05, 4.69) is 5.32 Å². The summed E-state index contributed by atoms with van der Waals surface area (Å²) in [6.45, 7) is 1.04. The third-order valence-electron chi connectivity index (χ3n) is 2.45. The van der Waals surface area contributed by atoms with Gasteiger partial charge in [0, 0.05) is 23.9 Å². The van der Waals surface area contributed by atoms with E-state index in [1.54, 1.807) is 12.5 Å². The van der Waals surface area contributed by atoms with Crippen LogP contribution in [0.15, 0.2) is 41.2 Å². The molecular formula is C12H11NO3. The Labute approximate surface area is 92.8 Å². The first-order chi connectivity index (χ1) is 7.92. The summed E-state index contributed by atoms with van der Waals surface area (Å²) < 4.78 is 15.5. The first-order valence-corrected chi connectivity index (χ1v) is 5.06. The summed E-state index contributed by atoms with van der Waals surface area (Å²) in [4.78, 5) is 0. The zero-order valence-corrected chi connectivity index (χ0v) is 8.60. The average Bonchev–Trinajstić information content (AvgIpc) is 2.97. The fourth-order valence-corrected chi connectivity index (χ4v) is 1.60. The molecule has 0 saturated heterocycles. The van der Waals surface area contributed by atoms with E-state index in [9.17, 15) is 0 Å². The van der Waals surface area contributed by atoms with Gasteiger partial charge in [0.1, 0.15) is 0 Å². The Morgan fingerprint density at radius 1 is 1.12 bits per heavy atom. The van der Waals surface area contributed by atoms with Gasteiger partial charge in [0.05, 0.1) is 12.5 Å². The maximum atomic E-state index is 5.30. The van der Waals surface area contributed by atoms with Gasteiger partial charge in [-0.25, -0.2) is 0 Å². The Hall–Kier alpha value is -2.10. The van der Waals surface area contributed by atoms with E-state index in [1.807, 2.05) is 24.3 Å². The van der Waals surface area contributed by atoms with E-state index < -0.39 is 0 Å². The third kappa shape index (κ3) is 1.69. The first-order valence-electron chi connectivity index (χ1n) is 5.06. The molecular weight excluding hydrogens is 206 g/mol. The van der Waals surface area contributed by atoms with Crippen molar-refractivity contribution in [3.05, 3.63) is 42.4 Å². The predicted molar refractivity (Wildman–Crippen MR) is 58.6 cm³/mol. The molecule has 82 valence electrons. The summed E-state index contributed by atoms with van der Waals surface area (Å²) in [6.07, 6.45) is 3.39. The van der Waals surface area contributed by atoms with Gasteiger partial charge in [0.25, 0.3) is 0 Å². The lowest BCUT2D eigenvalue weighted by atomic mass is 10.2. The van der Waals surface area contributed by atoms with Crippen LogP contribution >= 0.6 is 0 Å². The minimum atomic E-state index is 0.306. The molecule has 0 atom stereocenters. The quantitative estimate of drug-likeness (QED) is 0.858. The number of furan rings is 1. The van der Waals surface area contributed by atoms with E-state index in [4.69, 9.17) is 13.9 Å². The summed E-state index contributed by atoms with van der Waals surface area (Å²) in [5.74, 6) is 1.59.